The van der Waals surface area contributed by atoms with Gasteiger partial charge in [-0.2, -0.15) is 20.1 Å². The summed E-state index contributed by atoms with van der Waals surface area (Å²) in [6, 6.07) is 12.4. The molecule has 0 fully saturated rings. The summed E-state index contributed by atoms with van der Waals surface area (Å²) in [6.45, 7) is 3.38. The number of hydrogen-bond acceptors (Lipinski definition) is 6. The van der Waals surface area contributed by atoms with E-state index in [0.717, 1.165) is 15.8 Å². The van der Waals surface area contributed by atoms with Crippen molar-refractivity contribution >= 4 is 12.1 Å². The van der Waals surface area contributed by atoms with Crippen LogP contribution in [0.4, 0.5) is 0 Å². The molecule has 3 aromatic rings. The highest BCUT2D eigenvalue weighted by molar-refractivity contribution is 5.94. The van der Waals surface area contributed by atoms with Gasteiger partial charge in [-0.1, -0.05) is 12.1 Å². The van der Waals surface area contributed by atoms with Crippen LogP contribution in [0, 0.1) is 25.2 Å². The van der Waals surface area contributed by atoms with Crippen LogP contribution in [-0.2, 0) is 0 Å². The maximum absolute atomic E-state index is 12.6. The Morgan fingerprint density at radius 2 is 2.00 bits per heavy atom. The van der Waals surface area contributed by atoms with Crippen molar-refractivity contribution in [1.29, 1.82) is 5.26 Å². The van der Waals surface area contributed by atoms with Crippen molar-refractivity contribution in [2.24, 2.45) is 5.10 Å². The van der Waals surface area contributed by atoms with Crippen molar-refractivity contribution in [3.63, 3.8) is 0 Å². The van der Waals surface area contributed by atoms with Gasteiger partial charge in [-0.05, 0) is 49.2 Å². The first-order valence-electron chi connectivity index (χ1n) is 8.35. The molecule has 1 aromatic carbocycles. The fourth-order valence-electron chi connectivity index (χ4n) is 2.56. The molecule has 0 unspecified atom stereocenters. The molecule has 1 N–H and O–H groups in total. The van der Waals surface area contributed by atoms with Gasteiger partial charge in [-0.25, -0.2) is 5.43 Å². The van der Waals surface area contributed by atoms with Gasteiger partial charge in [0.05, 0.1) is 11.9 Å². The molecule has 8 heteroatoms. The predicted octanol–water partition coefficient (Wildman–Crippen LogP) is 1.88. The lowest BCUT2D eigenvalue weighted by Crippen LogP contribution is -2.31. The Kier molecular flexibility index (Phi) is 5.37. The first-order chi connectivity index (χ1) is 13.5. The normalized spacial score (nSPS) is 10.6. The quantitative estimate of drug-likeness (QED) is 0.555. The number of rotatable bonds is 4. The Bertz CT molecular complexity index is 1160. The molecule has 138 valence electrons. The second kappa shape index (κ2) is 8.05. The van der Waals surface area contributed by atoms with E-state index < -0.39 is 11.5 Å². The topological polar surface area (TPSA) is 113 Å². The first kappa shape index (κ1) is 18.7. The number of nitriles is 1. The van der Waals surface area contributed by atoms with E-state index in [1.54, 1.807) is 42.7 Å². The molecule has 0 aliphatic heterocycles. The minimum absolute atomic E-state index is 0.0514. The number of carbonyl (C=O) groups excluding carboxylic acids is 1. The Balaban J connectivity index is 2.00. The molecule has 0 spiro atoms. The molecule has 3 rings (SSSR count). The van der Waals surface area contributed by atoms with E-state index in [4.69, 9.17) is 0 Å². The zero-order chi connectivity index (χ0) is 20.1. The lowest BCUT2D eigenvalue weighted by Gasteiger charge is -2.11. The molecule has 0 saturated carbocycles. The van der Waals surface area contributed by atoms with Crippen LogP contribution in [0.2, 0.25) is 0 Å². The number of carbonyl (C=O) groups is 1. The van der Waals surface area contributed by atoms with E-state index in [1.807, 2.05) is 19.1 Å². The van der Waals surface area contributed by atoms with Crippen molar-refractivity contribution in [1.82, 2.24) is 20.2 Å². The number of hydrogen-bond donors (Lipinski definition) is 1. The van der Waals surface area contributed by atoms with Gasteiger partial charge in [0, 0.05) is 18.0 Å². The first-order valence-corrected chi connectivity index (χ1v) is 8.35. The number of aryl methyl sites for hydroxylation is 1. The number of aromatic nitrogens is 3. The average Bonchev–Trinajstić information content (AvgIpc) is 2.69. The highest BCUT2D eigenvalue weighted by atomic mass is 16.2. The van der Waals surface area contributed by atoms with Crippen LogP contribution in [-0.4, -0.2) is 26.9 Å². The molecule has 0 radical (unpaired) electrons. The third-order valence-corrected chi connectivity index (χ3v) is 4.00. The van der Waals surface area contributed by atoms with E-state index >= 15 is 0 Å². The zero-order valence-electron chi connectivity index (χ0n) is 15.2. The van der Waals surface area contributed by atoms with Crippen LogP contribution in [0.25, 0.3) is 5.69 Å². The number of pyridine rings is 1. The third-order valence-electron chi connectivity index (χ3n) is 4.00. The standard InChI is InChI=1S/C20H16N6O2/c1-13-4-3-5-16(10-13)26-20(28)17(11-21)14(2)18(25-26)19(27)24-23-12-15-6-8-22-9-7-15/h3-10,12H,1-2H3,(H,24,27)/b23-12+. The Morgan fingerprint density at radius 1 is 1.25 bits per heavy atom. The van der Waals surface area contributed by atoms with E-state index in [-0.39, 0.29) is 16.8 Å². The predicted molar refractivity (Wildman–Crippen MR) is 103 cm³/mol. The van der Waals surface area contributed by atoms with Crippen LogP contribution in [0.15, 0.2) is 58.7 Å². The second-order valence-electron chi connectivity index (χ2n) is 6.00. The van der Waals surface area contributed by atoms with E-state index in [9.17, 15) is 14.9 Å². The average molecular weight is 372 g/mol. The Hall–Kier alpha value is -4.12. The summed E-state index contributed by atoms with van der Waals surface area (Å²) in [4.78, 5) is 29.1. The molecule has 2 aromatic heterocycles. The summed E-state index contributed by atoms with van der Waals surface area (Å²) >= 11 is 0. The summed E-state index contributed by atoms with van der Waals surface area (Å²) in [5, 5.41) is 17.5. The molecular formula is C20H16N6O2. The van der Waals surface area contributed by atoms with Crippen molar-refractivity contribution in [3.05, 3.63) is 87.1 Å². The second-order valence-corrected chi connectivity index (χ2v) is 6.00. The molecule has 1 amide bonds. The SMILES string of the molecule is Cc1cccc(-n2nc(C(=O)N/N=C/c3ccncc3)c(C)c(C#N)c2=O)c1. The van der Waals surface area contributed by atoms with Gasteiger partial charge in [0.2, 0.25) is 0 Å². The maximum atomic E-state index is 12.6. The largest absolute Gasteiger partial charge is 0.292 e. The fourth-order valence-corrected chi connectivity index (χ4v) is 2.56. The molecule has 2 heterocycles. The summed E-state index contributed by atoms with van der Waals surface area (Å²) in [7, 11) is 0. The van der Waals surface area contributed by atoms with Crippen molar-refractivity contribution in [2.45, 2.75) is 13.8 Å². The zero-order valence-corrected chi connectivity index (χ0v) is 15.2. The summed E-state index contributed by atoms with van der Waals surface area (Å²) in [5.41, 5.74) is 3.94. The highest BCUT2D eigenvalue weighted by Crippen LogP contribution is 2.11. The van der Waals surface area contributed by atoms with Gasteiger partial charge in [-0.15, -0.1) is 0 Å². The highest BCUT2D eigenvalue weighted by Gasteiger charge is 2.20. The summed E-state index contributed by atoms with van der Waals surface area (Å²) < 4.78 is 1.06. The molecule has 0 bridgehead atoms. The molecule has 0 aliphatic carbocycles. The summed E-state index contributed by atoms with van der Waals surface area (Å²) in [6.07, 6.45) is 4.66. The van der Waals surface area contributed by atoms with Gasteiger partial charge >= 0.3 is 0 Å². The smallest absolute Gasteiger partial charge is 0.266 e. The van der Waals surface area contributed by atoms with Gasteiger partial charge in [0.1, 0.15) is 11.6 Å². The monoisotopic (exact) mass is 372 g/mol. The van der Waals surface area contributed by atoms with Gasteiger partial charge in [0.15, 0.2) is 5.69 Å². The van der Waals surface area contributed by atoms with Crippen LogP contribution in [0.5, 0.6) is 0 Å². The van der Waals surface area contributed by atoms with Crippen molar-refractivity contribution in [3.8, 4) is 11.8 Å². The number of amides is 1. The van der Waals surface area contributed by atoms with Crippen molar-refractivity contribution in [2.75, 3.05) is 0 Å². The number of hydrazone groups is 1. The molecular weight excluding hydrogens is 356 g/mol. The van der Waals surface area contributed by atoms with Crippen LogP contribution in [0.1, 0.15) is 32.7 Å². The van der Waals surface area contributed by atoms with E-state index in [1.165, 1.54) is 13.1 Å². The van der Waals surface area contributed by atoms with E-state index in [0.29, 0.717) is 5.69 Å². The number of benzene rings is 1. The van der Waals surface area contributed by atoms with Crippen LogP contribution in [0.3, 0.4) is 0 Å². The van der Waals surface area contributed by atoms with Gasteiger partial charge in [-0.3, -0.25) is 14.6 Å². The molecule has 8 nitrogen and oxygen atoms in total. The van der Waals surface area contributed by atoms with Crippen LogP contribution >= 0.6 is 0 Å². The molecule has 28 heavy (non-hydrogen) atoms. The van der Waals surface area contributed by atoms with Gasteiger partial charge in [0.25, 0.3) is 11.5 Å². The van der Waals surface area contributed by atoms with E-state index in [2.05, 4.69) is 20.6 Å². The third kappa shape index (κ3) is 3.83. The Morgan fingerprint density at radius 3 is 2.68 bits per heavy atom. The maximum Gasteiger partial charge on any atom is 0.292 e. The molecule has 0 atom stereocenters. The Labute approximate surface area is 160 Å². The molecule has 0 saturated heterocycles. The number of nitrogens with zero attached hydrogens (tertiary/aromatic N) is 5. The van der Waals surface area contributed by atoms with Gasteiger partial charge < -0.3 is 0 Å². The van der Waals surface area contributed by atoms with Crippen LogP contribution < -0.4 is 11.0 Å². The van der Waals surface area contributed by atoms with Crippen molar-refractivity contribution < 1.29 is 4.79 Å². The fraction of sp³-hybridized carbons (Fsp3) is 0.100. The number of nitrogens with one attached hydrogen (secondary N) is 1. The minimum Gasteiger partial charge on any atom is -0.266 e. The molecule has 0 aliphatic rings. The minimum atomic E-state index is -0.624. The lowest BCUT2D eigenvalue weighted by molar-refractivity contribution is 0.0947. The lowest BCUT2D eigenvalue weighted by atomic mass is 10.1. The summed E-state index contributed by atoms with van der Waals surface area (Å²) in [5.74, 6) is -0.624.